The Morgan fingerprint density at radius 2 is 1.74 bits per heavy atom. The van der Waals surface area contributed by atoms with Crippen LogP contribution in [0.4, 0.5) is 10.5 Å². The molecule has 0 aromatic heterocycles. The Hall–Kier alpha value is -3.06. The molecule has 0 aliphatic carbocycles. The van der Waals surface area contributed by atoms with Crippen LogP contribution >= 0.6 is 0 Å². The van der Waals surface area contributed by atoms with E-state index in [2.05, 4.69) is 5.16 Å². The number of nitrogens with zero attached hydrogens (tertiary/aromatic N) is 2. The first kappa shape index (κ1) is 20.3. The molecule has 2 aromatic carbocycles. The number of carbonyl (C=O) groups is 1. The summed E-state index contributed by atoms with van der Waals surface area (Å²) >= 11 is 0. The Kier molecular flexibility index (Phi) is 7.63. The van der Waals surface area contributed by atoms with E-state index in [-0.39, 0.29) is 12.7 Å². The van der Waals surface area contributed by atoms with Gasteiger partial charge in [-0.1, -0.05) is 53.7 Å². The second kappa shape index (κ2) is 10.2. The van der Waals surface area contributed by atoms with Crippen molar-refractivity contribution in [2.75, 3.05) is 19.3 Å². The highest BCUT2D eigenvalue weighted by atomic mass is 16.7. The van der Waals surface area contributed by atoms with Gasteiger partial charge >= 0.3 is 6.09 Å². The molecule has 2 aromatic rings. The highest BCUT2D eigenvalue weighted by Gasteiger charge is 2.19. The number of methoxy groups -OCH3 is 1. The van der Waals surface area contributed by atoms with Crippen LogP contribution in [0.25, 0.3) is 0 Å². The zero-order valence-electron chi connectivity index (χ0n) is 15.9. The summed E-state index contributed by atoms with van der Waals surface area (Å²) in [6.07, 6.45) is -0.823. The van der Waals surface area contributed by atoms with E-state index in [9.17, 15) is 4.79 Å². The summed E-state index contributed by atoms with van der Waals surface area (Å²) < 4.78 is 10.4. The molecule has 1 atom stereocenters. The van der Waals surface area contributed by atoms with Crippen molar-refractivity contribution in [2.24, 2.45) is 5.16 Å². The van der Waals surface area contributed by atoms with Gasteiger partial charge in [0.05, 0.1) is 19.9 Å². The lowest BCUT2D eigenvalue weighted by Gasteiger charge is -2.21. The maximum Gasteiger partial charge on any atom is 0.438 e. The molecule has 0 aliphatic heterocycles. The Morgan fingerprint density at radius 3 is 2.41 bits per heavy atom. The number of anilines is 1. The zero-order chi connectivity index (χ0) is 19.6. The molecule has 0 fully saturated rings. The van der Waals surface area contributed by atoms with Crippen LogP contribution in [0, 0.1) is 0 Å². The van der Waals surface area contributed by atoms with Crippen LogP contribution in [0.1, 0.15) is 31.1 Å². The number of hydrogen-bond donors (Lipinski definition) is 0. The fourth-order valence-electron chi connectivity index (χ4n) is 2.33. The molecule has 1 unspecified atom stereocenters. The monoisotopic (exact) mass is 372 g/mol. The maximum absolute atomic E-state index is 11.8. The van der Waals surface area contributed by atoms with E-state index in [0.29, 0.717) is 11.6 Å². The van der Waals surface area contributed by atoms with Gasteiger partial charge in [-0.15, -0.1) is 0 Å². The van der Waals surface area contributed by atoms with Gasteiger partial charge in [-0.05, 0) is 18.6 Å². The van der Waals surface area contributed by atoms with Gasteiger partial charge in [-0.2, -0.15) is 5.06 Å². The molecule has 7 nitrogen and oxygen atoms in total. The number of oxime groups is 1. The molecule has 0 radical (unpaired) electrons. The number of para-hydroxylation sites is 1. The fourth-order valence-corrected chi connectivity index (χ4v) is 2.33. The van der Waals surface area contributed by atoms with E-state index in [1.807, 2.05) is 49.4 Å². The number of hydrogen-bond acceptors (Lipinski definition) is 6. The van der Waals surface area contributed by atoms with Crippen molar-refractivity contribution >= 4 is 17.7 Å². The van der Waals surface area contributed by atoms with Gasteiger partial charge < -0.3 is 14.3 Å². The molecule has 0 spiro atoms. The second-order valence-corrected chi connectivity index (χ2v) is 5.63. The first-order valence-electron chi connectivity index (χ1n) is 8.45. The summed E-state index contributed by atoms with van der Waals surface area (Å²) in [6.45, 7) is 3.80. The van der Waals surface area contributed by atoms with Crippen molar-refractivity contribution < 1.29 is 23.9 Å². The number of benzene rings is 2. The third-order valence-corrected chi connectivity index (χ3v) is 3.78. The minimum atomic E-state index is -0.629. The van der Waals surface area contributed by atoms with Gasteiger partial charge in [0, 0.05) is 12.5 Å². The van der Waals surface area contributed by atoms with Crippen molar-refractivity contribution in [1.82, 2.24) is 0 Å². The van der Waals surface area contributed by atoms with E-state index in [0.717, 1.165) is 16.2 Å². The van der Waals surface area contributed by atoms with E-state index in [1.54, 1.807) is 19.1 Å². The van der Waals surface area contributed by atoms with Gasteiger partial charge in [0.15, 0.2) is 0 Å². The van der Waals surface area contributed by atoms with E-state index < -0.39 is 6.09 Å². The average Bonchev–Trinajstić information content (AvgIpc) is 2.72. The van der Waals surface area contributed by atoms with Crippen LogP contribution in [0.2, 0.25) is 0 Å². The minimum absolute atomic E-state index is 0.186. The summed E-state index contributed by atoms with van der Waals surface area (Å²) in [5.41, 5.74) is 2.28. The lowest BCUT2D eigenvalue weighted by atomic mass is 10.1. The molecule has 1 amide bonds. The minimum Gasteiger partial charge on any atom is -0.474 e. The second-order valence-electron chi connectivity index (χ2n) is 5.63. The standard InChI is InChI=1S/C20H24N2O5/c1-15(17-10-6-5-7-11-17)27-21-16(2)26-14-18-12-8-9-13-19(18)22(25-4)20(23)24-3/h5-13,15H,14H2,1-4H3/b21-16+. The quantitative estimate of drug-likeness (QED) is 0.408. The third kappa shape index (κ3) is 5.72. The van der Waals surface area contributed by atoms with Crippen molar-refractivity contribution in [2.45, 2.75) is 26.6 Å². The van der Waals surface area contributed by atoms with Gasteiger partial charge in [0.2, 0.25) is 5.90 Å². The summed E-state index contributed by atoms with van der Waals surface area (Å²) in [7, 11) is 2.68. The van der Waals surface area contributed by atoms with Crippen molar-refractivity contribution in [3.63, 3.8) is 0 Å². The summed E-state index contributed by atoms with van der Waals surface area (Å²) in [4.78, 5) is 22.4. The van der Waals surface area contributed by atoms with Gasteiger partial charge in [0.25, 0.3) is 0 Å². The summed E-state index contributed by atoms with van der Waals surface area (Å²) in [5, 5.41) is 5.07. The highest BCUT2D eigenvalue weighted by Crippen LogP contribution is 2.22. The number of hydroxylamine groups is 1. The normalized spacial score (nSPS) is 12.2. The topological polar surface area (TPSA) is 69.6 Å². The lowest BCUT2D eigenvalue weighted by molar-refractivity contribution is 0.0639. The molecule has 144 valence electrons. The molecule has 0 bridgehead atoms. The fraction of sp³-hybridized carbons (Fsp3) is 0.300. The number of amides is 1. The summed E-state index contributed by atoms with van der Waals surface area (Å²) in [5.74, 6) is 0.370. The van der Waals surface area contributed by atoms with Crippen molar-refractivity contribution in [1.29, 1.82) is 0 Å². The van der Waals surface area contributed by atoms with E-state index in [4.69, 9.17) is 19.1 Å². The molecule has 0 N–H and O–H groups in total. The highest BCUT2D eigenvalue weighted by molar-refractivity contribution is 5.86. The predicted molar refractivity (Wildman–Crippen MR) is 102 cm³/mol. The first-order valence-corrected chi connectivity index (χ1v) is 8.45. The molecule has 7 heteroatoms. The van der Waals surface area contributed by atoms with Crippen molar-refractivity contribution in [3.05, 3.63) is 65.7 Å². The smallest absolute Gasteiger partial charge is 0.438 e. The van der Waals surface area contributed by atoms with Gasteiger partial charge in [0.1, 0.15) is 12.7 Å². The Labute approximate surface area is 159 Å². The molecular weight excluding hydrogens is 348 g/mol. The molecule has 27 heavy (non-hydrogen) atoms. The number of rotatable bonds is 7. The maximum atomic E-state index is 11.8. The number of carbonyl (C=O) groups excluding carboxylic acids is 1. The first-order chi connectivity index (χ1) is 13.1. The zero-order valence-corrected chi connectivity index (χ0v) is 15.9. The van der Waals surface area contributed by atoms with Crippen LogP contribution in [0.15, 0.2) is 59.8 Å². The van der Waals surface area contributed by atoms with Crippen molar-refractivity contribution in [3.8, 4) is 0 Å². The SMILES string of the molecule is COC(=O)N(OC)c1ccccc1CO/C(C)=N/OC(C)c1ccccc1. The van der Waals surface area contributed by atoms with E-state index >= 15 is 0 Å². The Bertz CT molecular complexity index is 764. The average molecular weight is 372 g/mol. The van der Waals surface area contributed by atoms with Gasteiger partial charge in [-0.3, -0.25) is 4.84 Å². The third-order valence-electron chi connectivity index (χ3n) is 3.78. The molecule has 0 saturated carbocycles. The summed E-state index contributed by atoms with van der Waals surface area (Å²) in [6, 6.07) is 17.0. The Morgan fingerprint density at radius 1 is 1.07 bits per heavy atom. The van der Waals surface area contributed by atoms with Crippen LogP contribution in [-0.2, 0) is 25.8 Å². The molecular formula is C20H24N2O5. The predicted octanol–water partition coefficient (Wildman–Crippen LogP) is 4.45. The molecule has 2 rings (SSSR count). The number of ether oxygens (including phenoxy) is 2. The van der Waals surface area contributed by atoms with Gasteiger partial charge in [-0.25, -0.2) is 4.79 Å². The largest absolute Gasteiger partial charge is 0.474 e. The van der Waals surface area contributed by atoms with E-state index in [1.165, 1.54) is 14.2 Å². The van der Waals surface area contributed by atoms with Crippen LogP contribution < -0.4 is 5.06 Å². The van der Waals surface area contributed by atoms with Crippen LogP contribution in [0.5, 0.6) is 0 Å². The molecule has 0 saturated heterocycles. The molecule has 0 aliphatic rings. The van der Waals surface area contributed by atoms with Crippen LogP contribution in [-0.4, -0.2) is 26.2 Å². The molecule has 0 heterocycles. The lowest BCUT2D eigenvalue weighted by Crippen LogP contribution is -2.30. The Balaban J connectivity index is 2.00. The van der Waals surface area contributed by atoms with Crippen LogP contribution in [0.3, 0.4) is 0 Å².